The zero-order valence-electron chi connectivity index (χ0n) is 13.6. The van der Waals surface area contributed by atoms with Crippen molar-refractivity contribution < 1.29 is 23.8 Å². The Bertz CT molecular complexity index is 697. The first kappa shape index (κ1) is 17.3. The first-order chi connectivity index (χ1) is 11.6. The van der Waals surface area contributed by atoms with Crippen molar-refractivity contribution in [3.8, 4) is 11.5 Å². The highest BCUT2D eigenvalue weighted by Gasteiger charge is 2.08. The van der Waals surface area contributed by atoms with E-state index in [4.69, 9.17) is 14.2 Å². The average molecular weight is 329 g/mol. The summed E-state index contributed by atoms with van der Waals surface area (Å²) in [5, 5.41) is 2.69. The van der Waals surface area contributed by atoms with Gasteiger partial charge in [-0.2, -0.15) is 0 Å². The highest BCUT2D eigenvalue weighted by Crippen LogP contribution is 2.18. The molecule has 6 heteroatoms. The number of carbonyl (C=O) groups is 2. The quantitative estimate of drug-likeness (QED) is 0.791. The monoisotopic (exact) mass is 329 g/mol. The first-order valence-corrected chi connectivity index (χ1v) is 7.46. The van der Waals surface area contributed by atoms with Crippen molar-refractivity contribution in [2.75, 3.05) is 25.6 Å². The second-order valence-corrected chi connectivity index (χ2v) is 4.81. The molecule has 0 bridgehead atoms. The number of amides is 1. The molecule has 6 nitrogen and oxygen atoms in total. The topological polar surface area (TPSA) is 73.9 Å². The lowest BCUT2D eigenvalue weighted by Gasteiger charge is -2.09. The van der Waals surface area contributed by atoms with Gasteiger partial charge in [-0.3, -0.25) is 4.79 Å². The largest absolute Gasteiger partial charge is 0.497 e. The highest BCUT2D eigenvalue weighted by molar-refractivity contribution is 5.93. The van der Waals surface area contributed by atoms with Gasteiger partial charge in [-0.25, -0.2) is 4.79 Å². The van der Waals surface area contributed by atoms with Crippen LogP contribution in [-0.4, -0.2) is 32.2 Å². The molecule has 1 amide bonds. The molecule has 0 radical (unpaired) electrons. The van der Waals surface area contributed by atoms with Crippen molar-refractivity contribution in [2.24, 2.45) is 0 Å². The molecule has 1 N–H and O–H groups in total. The van der Waals surface area contributed by atoms with Crippen molar-refractivity contribution in [2.45, 2.75) is 6.92 Å². The SMILES string of the molecule is CCOC(=O)c1ccc(NC(=O)COc2cccc(OC)c2)cc1. The number of nitrogens with one attached hydrogen (secondary N) is 1. The Kier molecular flexibility index (Phi) is 6.19. The number of methoxy groups -OCH3 is 1. The number of esters is 1. The van der Waals surface area contributed by atoms with Crippen LogP contribution in [0.15, 0.2) is 48.5 Å². The second kappa shape index (κ2) is 8.57. The summed E-state index contributed by atoms with van der Waals surface area (Å²) in [5.74, 6) is 0.503. The molecule has 0 aliphatic rings. The molecule has 0 heterocycles. The minimum absolute atomic E-state index is 0.132. The van der Waals surface area contributed by atoms with Crippen LogP contribution in [0.25, 0.3) is 0 Å². The predicted octanol–water partition coefficient (Wildman–Crippen LogP) is 2.89. The van der Waals surface area contributed by atoms with E-state index in [9.17, 15) is 9.59 Å². The van der Waals surface area contributed by atoms with Gasteiger partial charge < -0.3 is 19.5 Å². The number of ether oxygens (including phenoxy) is 3. The molecule has 0 saturated heterocycles. The van der Waals surface area contributed by atoms with E-state index in [-0.39, 0.29) is 12.5 Å². The van der Waals surface area contributed by atoms with Gasteiger partial charge in [-0.05, 0) is 43.3 Å². The highest BCUT2D eigenvalue weighted by atomic mass is 16.5. The fourth-order valence-corrected chi connectivity index (χ4v) is 1.94. The van der Waals surface area contributed by atoms with E-state index in [1.165, 1.54) is 0 Å². The lowest BCUT2D eigenvalue weighted by molar-refractivity contribution is -0.118. The minimum Gasteiger partial charge on any atom is -0.497 e. The lowest BCUT2D eigenvalue weighted by Crippen LogP contribution is -2.20. The Morgan fingerprint density at radius 2 is 1.75 bits per heavy atom. The molecule has 0 saturated carbocycles. The van der Waals surface area contributed by atoms with Crippen molar-refractivity contribution in [3.05, 3.63) is 54.1 Å². The standard InChI is InChI=1S/C18H19NO5/c1-3-23-18(21)13-7-9-14(10-8-13)19-17(20)12-24-16-6-4-5-15(11-16)22-2/h4-11H,3,12H2,1-2H3,(H,19,20). The van der Waals surface area contributed by atoms with E-state index in [2.05, 4.69) is 5.32 Å². The third-order valence-corrected chi connectivity index (χ3v) is 3.09. The molecular weight excluding hydrogens is 310 g/mol. The Labute approximate surface area is 140 Å². The number of carbonyl (C=O) groups excluding carboxylic acids is 2. The summed E-state index contributed by atoms with van der Waals surface area (Å²) in [6.45, 7) is 1.93. The summed E-state index contributed by atoms with van der Waals surface area (Å²) >= 11 is 0. The maximum Gasteiger partial charge on any atom is 0.338 e. The summed E-state index contributed by atoms with van der Waals surface area (Å²) in [6, 6.07) is 13.5. The molecule has 0 aliphatic carbocycles. The van der Waals surface area contributed by atoms with Crippen molar-refractivity contribution in [3.63, 3.8) is 0 Å². The van der Waals surface area contributed by atoms with E-state index in [1.807, 2.05) is 0 Å². The van der Waals surface area contributed by atoms with Gasteiger partial charge in [0.05, 0.1) is 19.3 Å². The van der Waals surface area contributed by atoms with E-state index in [1.54, 1.807) is 62.6 Å². The van der Waals surface area contributed by atoms with Crippen LogP contribution in [0.4, 0.5) is 5.69 Å². The fraction of sp³-hybridized carbons (Fsp3) is 0.222. The van der Waals surface area contributed by atoms with Gasteiger partial charge in [-0.15, -0.1) is 0 Å². The average Bonchev–Trinajstić information content (AvgIpc) is 2.61. The fourth-order valence-electron chi connectivity index (χ4n) is 1.94. The lowest BCUT2D eigenvalue weighted by atomic mass is 10.2. The van der Waals surface area contributed by atoms with E-state index in [0.717, 1.165) is 0 Å². The number of anilines is 1. The van der Waals surface area contributed by atoms with Crippen molar-refractivity contribution in [1.29, 1.82) is 0 Å². The predicted molar refractivity (Wildman–Crippen MR) is 89.5 cm³/mol. The maximum absolute atomic E-state index is 11.9. The van der Waals surface area contributed by atoms with Gasteiger partial charge in [0.15, 0.2) is 6.61 Å². The van der Waals surface area contributed by atoms with Crippen LogP contribution < -0.4 is 14.8 Å². The van der Waals surface area contributed by atoms with Crippen LogP contribution in [-0.2, 0) is 9.53 Å². The first-order valence-electron chi connectivity index (χ1n) is 7.46. The summed E-state index contributed by atoms with van der Waals surface area (Å²) in [7, 11) is 1.56. The molecule has 24 heavy (non-hydrogen) atoms. The summed E-state index contributed by atoms with van der Waals surface area (Å²) in [5.41, 5.74) is 1.00. The third-order valence-electron chi connectivity index (χ3n) is 3.09. The Hall–Kier alpha value is -3.02. The van der Waals surface area contributed by atoms with Gasteiger partial charge in [0.25, 0.3) is 5.91 Å². The Balaban J connectivity index is 1.86. The molecule has 2 aromatic carbocycles. The molecule has 2 rings (SSSR count). The van der Waals surface area contributed by atoms with Gasteiger partial charge in [-0.1, -0.05) is 6.07 Å². The number of benzene rings is 2. The van der Waals surface area contributed by atoms with E-state index >= 15 is 0 Å². The molecular formula is C18H19NO5. The molecule has 0 spiro atoms. The molecule has 2 aromatic rings. The van der Waals surface area contributed by atoms with Crippen LogP contribution in [0.5, 0.6) is 11.5 Å². The van der Waals surface area contributed by atoms with Gasteiger partial charge in [0.1, 0.15) is 11.5 Å². The van der Waals surface area contributed by atoms with Crippen LogP contribution in [0, 0.1) is 0 Å². The number of hydrogen-bond acceptors (Lipinski definition) is 5. The van der Waals surface area contributed by atoms with Gasteiger partial charge >= 0.3 is 5.97 Å². The van der Waals surface area contributed by atoms with Crippen LogP contribution in [0.3, 0.4) is 0 Å². The molecule has 126 valence electrons. The minimum atomic E-state index is -0.392. The normalized spacial score (nSPS) is 9.92. The summed E-state index contributed by atoms with van der Waals surface area (Å²) < 4.78 is 15.4. The smallest absolute Gasteiger partial charge is 0.338 e. The summed E-state index contributed by atoms with van der Waals surface area (Å²) in [6.07, 6.45) is 0. The number of hydrogen-bond donors (Lipinski definition) is 1. The Morgan fingerprint density at radius 3 is 2.42 bits per heavy atom. The van der Waals surface area contributed by atoms with Crippen LogP contribution in [0.2, 0.25) is 0 Å². The third kappa shape index (κ3) is 5.01. The van der Waals surface area contributed by atoms with Crippen LogP contribution >= 0.6 is 0 Å². The second-order valence-electron chi connectivity index (χ2n) is 4.81. The van der Waals surface area contributed by atoms with Crippen LogP contribution in [0.1, 0.15) is 17.3 Å². The van der Waals surface area contributed by atoms with E-state index < -0.39 is 5.97 Å². The zero-order valence-corrected chi connectivity index (χ0v) is 13.6. The maximum atomic E-state index is 11.9. The Morgan fingerprint density at radius 1 is 1.04 bits per heavy atom. The van der Waals surface area contributed by atoms with Gasteiger partial charge in [0.2, 0.25) is 0 Å². The van der Waals surface area contributed by atoms with E-state index in [0.29, 0.717) is 29.4 Å². The zero-order chi connectivity index (χ0) is 17.4. The summed E-state index contributed by atoms with van der Waals surface area (Å²) in [4.78, 5) is 23.5. The number of rotatable bonds is 7. The van der Waals surface area contributed by atoms with Crippen molar-refractivity contribution >= 4 is 17.6 Å². The molecule has 0 aliphatic heterocycles. The van der Waals surface area contributed by atoms with Gasteiger partial charge in [0, 0.05) is 11.8 Å². The van der Waals surface area contributed by atoms with Crippen molar-refractivity contribution in [1.82, 2.24) is 0 Å². The molecule has 0 aromatic heterocycles. The molecule has 0 unspecified atom stereocenters. The molecule has 0 fully saturated rings. The molecule has 0 atom stereocenters.